The number of nitrogens with one attached hydrogen (secondary N) is 1. The van der Waals surface area contributed by atoms with Gasteiger partial charge in [0.2, 0.25) is 0 Å². The third-order valence-electron chi connectivity index (χ3n) is 6.01. The molecule has 36 heavy (non-hydrogen) atoms. The molecule has 0 radical (unpaired) electrons. The van der Waals surface area contributed by atoms with Crippen molar-refractivity contribution in [1.82, 2.24) is 14.9 Å². The van der Waals surface area contributed by atoms with Crippen molar-refractivity contribution in [2.75, 3.05) is 13.2 Å². The minimum Gasteiger partial charge on any atom is -0.493 e. The summed E-state index contributed by atoms with van der Waals surface area (Å²) in [6.07, 6.45) is 1.84. The van der Waals surface area contributed by atoms with Crippen LogP contribution in [0.15, 0.2) is 66.7 Å². The first kappa shape index (κ1) is 25.6. The number of carbonyl (C=O) groups excluding carboxylic acids is 1. The van der Waals surface area contributed by atoms with Crippen LogP contribution in [0.4, 0.5) is 0 Å². The minimum atomic E-state index is -0.273. The van der Waals surface area contributed by atoms with Crippen molar-refractivity contribution in [1.29, 1.82) is 0 Å². The van der Waals surface area contributed by atoms with Gasteiger partial charge in [0.25, 0.3) is 5.91 Å². The SMILES string of the molecule is Cc1ccc(C)c(OCCCCn2c(C(C)NC(=O)COc3ccc(Cl)cc3)nc3ccccc32)c1. The van der Waals surface area contributed by atoms with Crippen LogP contribution in [0.25, 0.3) is 11.0 Å². The Balaban J connectivity index is 1.35. The summed E-state index contributed by atoms with van der Waals surface area (Å²) < 4.78 is 13.8. The fraction of sp³-hybridized carbons (Fsp3) is 0.310. The van der Waals surface area contributed by atoms with Gasteiger partial charge in [0, 0.05) is 11.6 Å². The molecule has 4 aromatic rings. The Morgan fingerprint density at radius 3 is 2.61 bits per heavy atom. The summed E-state index contributed by atoms with van der Waals surface area (Å²) in [6, 6.07) is 21.0. The quantitative estimate of drug-likeness (QED) is 0.239. The van der Waals surface area contributed by atoms with E-state index in [1.54, 1.807) is 24.3 Å². The molecule has 0 saturated carbocycles. The molecule has 1 heterocycles. The maximum atomic E-state index is 12.6. The van der Waals surface area contributed by atoms with Gasteiger partial charge in [-0.1, -0.05) is 35.9 Å². The highest BCUT2D eigenvalue weighted by Gasteiger charge is 2.18. The molecule has 3 aromatic carbocycles. The van der Waals surface area contributed by atoms with Crippen LogP contribution in [0.3, 0.4) is 0 Å². The third-order valence-corrected chi connectivity index (χ3v) is 6.26. The Kier molecular flexibility index (Phi) is 8.49. The number of rotatable bonds is 11. The van der Waals surface area contributed by atoms with Crippen LogP contribution in [0.2, 0.25) is 5.02 Å². The number of unbranched alkanes of at least 4 members (excludes halogenated alkanes) is 1. The molecule has 1 unspecified atom stereocenters. The highest BCUT2D eigenvalue weighted by molar-refractivity contribution is 6.30. The Morgan fingerprint density at radius 1 is 1.03 bits per heavy atom. The van der Waals surface area contributed by atoms with Crippen LogP contribution < -0.4 is 14.8 Å². The average molecular weight is 506 g/mol. The lowest BCUT2D eigenvalue weighted by atomic mass is 10.1. The van der Waals surface area contributed by atoms with E-state index >= 15 is 0 Å². The summed E-state index contributed by atoms with van der Waals surface area (Å²) in [5.41, 5.74) is 4.31. The molecule has 0 bridgehead atoms. The first-order chi connectivity index (χ1) is 17.4. The van der Waals surface area contributed by atoms with Crippen LogP contribution >= 0.6 is 11.6 Å². The molecule has 1 amide bonds. The molecule has 0 aliphatic heterocycles. The van der Waals surface area contributed by atoms with E-state index in [0.29, 0.717) is 17.4 Å². The molecule has 1 N–H and O–H groups in total. The number of carbonyl (C=O) groups is 1. The lowest BCUT2D eigenvalue weighted by Crippen LogP contribution is -2.32. The van der Waals surface area contributed by atoms with E-state index in [-0.39, 0.29) is 18.6 Å². The van der Waals surface area contributed by atoms with Crippen molar-refractivity contribution in [3.63, 3.8) is 0 Å². The second kappa shape index (κ2) is 12.0. The zero-order valence-electron chi connectivity index (χ0n) is 21.0. The number of nitrogens with zero attached hydrogens (tertiary/aromatic N) is 2. The summed E-state index contributed by atoms with van der Waals surface area (Å²) in [5.74, 6) is 2.16. The number of benzene rings is 3. The molecule has 0 spiro atoms. The second-order valence-electron chi connectivity index (χ2n) is 8.97. The van der Waals surface area contributed by atoms with E-state index < -0.39 is 0 Å². The van der Waals surface area contributed by atoms with Gasteiger partial charge in [-0.25, -0.2) is 4.98 Å². The topological polar surface area (TPSA) is 65.4 Å². The lowest BCUT2D eigenvalue weighted by molar-refractivity contribution is -0.123. The van der Waals surface area contributed by atoms with Crippen LogP contribution in [0.1, 0.15) is 42.8 Å². The van der Waals surface area contributed by atoms with Crippen LogP contribution in [-0.2, 0) is 11.3 Å². The van der Waals surface area contributed by atoms with E-state index in [1.807, 2.05) is 25.1 Å². The smallest absolute Gasteiger partial charge is 0.258 e. The summed E-state index contributed by atoms with van der Waals surface area (Å²) in [5, 5.41) is 3.64. The molecule has 0 fully saturated rings. The van der Waals surface area contributed by atoms with Gasteiger partial charge >= 0.3 is 0 Å². The zero-order valence-corrected chi connectivity index (χ0v) is 21.7. The van der Waals surface area contributed by atoms with Gasteiger partial charge in [-0.05, 0) is 87.2 Å². The number of hydrogen-bond donors (Lipinski definition) is 1. The highest BCUT2D eigenvalue weighted by Crippen LogP contribution is 2.23. The van der Waals surface area contributed by atoms with Gasteiger partial charge in [-0.3, -0.25) is 4.79 Å². The number of ether oxygens (including phenoxy) is 2. The fourth-order valence-corrected chi connectivity index (χ4v) is 4.23. The number of aromatic nitrogens is 2. The summed E-state index contributed by atoms with van der Waals surface area (Å²) in [7, 11) is 0. The van der Waals surface area contributed by atoms with E-state index in [4.69, 9.17) is 26.1 Å². The normalized spacial score (nSPS) is 11.9. The van der Waals surface area contributed by atoms with E-state index in [0.717, 1.165) is 47.6 Å². The van der Waals surface area contributed by atoms with E-state index in [2.05, 4.69) is 48.0 Å². The summed E-state index contributed by atoms with van der Waals surface area (Å²) in [4.78, 5) is 17.4. The van der Waals surface area contributed by atoms with Gasteiger partial charge in [0.1, 0.15) is 17.3 Å². The molecule has 1 atom stereocenters. The predicted octanol–water partition coefficient (Wildman–Crippen LogP) is 6.42. The standard InChI is InChI=1S/C29H32ClN3O3/c1-20-10-11-21(2)27(18-20)35-17-7-6-16-33-26-9-5-4-8-25(26)32-29(33)22(3)31-28(34)19-36-24-14-12-23(30)13-15-24/h4-5,8-15,18,22H,6-7,16-17,19H2,1-3H3,(H,31,34). The van der Waals surface area contributed by atoms with Gasteiger partial charge in [0.05, 0.1) is 23.7 Å². The first-order valence-corrected chi connectivity index (χ1v) is 12.6. The Labute approximate surface area is 217 Å². The predicted molar refractivity (Wildman–Crippen MR) is 144 cm³/mol. The fourth-order valence-electron chi connectivity index (χ4n) is 4.10. The number of imidazole rings is 1. The Bertz CT molecular complexity index is 1320. The van der Waals surface area contributed by atoms with Crippen LogP contribution in [-0.4, -0.2) is 28.7 Å². The largest absolute Gasteiger partial charge is 0.493 e. The second-order valence-corrected chi connectivity index (χ2v) is 9.40. The number of hydrogen-bond acceptors (Lipinski definition) is 4. The van der Waals surface area contributed by atoms with Crippen molar-refractivity contribution in [3.05, 3.63) is 88.7 Å². The summed E-state index contributed by atoms with van der Waals surface area (Å²) >= 11 is 5.90. The molecule has 6 nitrogen and oxygen atoms in total. The van der Waals surface area contributed by atoms with Crippen molar-refractivity contribution in [2.24, 2.45) is 0 Å². The Hall–Kier alpha value is -3.51. The molecule has 0 aliphatic rings. The minimum absolute atomic E-state index is 0.0814. The van der Waals surface area contributed by atoms with Crippen LogP contribution in [0.5, 0.6) is 11.5 Å². The van der Waals surface area contributed by atoms with Gasteiger partial charge < -0.3 is 19.4 Å². The van der Waals surface area contributed by atoms with Gasteiger partial charge in [-0.2, -0.15) is 0 Å². The first-order valence-electron chi connectivity index (χ1n) is 12.2. The summed E-state index contributed by atoms with van der Waals surface area (Å²) in [6.45, 7) is 7.44. The molecular formula is C29H32ClN3O3. The highest BCUT2D eigenvalue weighted by atomic mass is 35.5. The monoisotopic (exact) mass is 505 g/mol. The van der Waals surface area contributed by atoms with E-state index in [1.165, 1.54) is 5.56 Å². The molecule has 0 saturated heterocycles. The van der Waals surface area contributed by atoms with Gasteiger partial charge in [-0.15, -0.1) is 0 Å². The third kappa shape index (κ3) is 6.58. The number of para-hydroxylation sites is 2. The lowest BCUT2D eigenvalue weighted by Gasteiger charge is -2.17. The maximum Gasteiger partial charge on any atom is 0.258 e. The van der Waals surface area contributed by atoms with Crippen molar-refractivity contribution < 1.29 is 14.3 Å². The molecule has 188 valence electrons. The molecule has 1 aromatic heterocycles. The number of aryl methyl sites for hydroxylation is 3. The number of amides is 1. The van der Waals surface area contributed by atoms with Gasteiger partial charge in [0.15, 0.2) is 6.61 Å². The molecule has 0 aliphatic carbocycles. The number of fused-ring (bicyclic) bond motifs is 1. The maximum absolute atomic E-state index is 12.6. The van der Waals surface area contributed by atoms with Crippen molar-refractivity contribution >= 4 is 28.5 Å². The molecule has 7 heteroatoms. The average Bonchev–Trinajstić information content (AvgIpc) is 3.24. The van der Waals surface area contributed by atoms with Crippen LogP contribution in [0, 0.1) is 13.8 Å². The molecular weight excluding hydrogens is 474 g/mol. The zero-order chi connectivity index (χ0) is 25.5. The molecule has 4 rings (SSSR count). The number of halogens is 1. The van der Waals surface area contributed by atoms with Crippen molar-refractivity contribution in [2.45, 2.75) is 46.2 Å². The Morgan fingerprint density at radius 2 is 1.81 bits per heavy atom. The van der Waals surface area contributed by atoms with Crippen molar-refractivity contribution in [3.8, 4) is 11.5 Å². The van der Waals surface area contributed by atoms with E-state index in [9.17, 15) is 4.79 Å².